The Morgan fingerprint density at radius 2 is 1.64 bits per heavy atom. The summed E-state index contributed by atoms with van der Waals surface area (Å²) in [5.74, 6) is -2.38. The monoisotopic (exact) mass is 337 g/mol. The molecule has 114 valence electrons. The highest BCUT2D eigenvalue weighted by atomic mass is 35.5. The van der Waals surface area contributed by atoms with E-state index < -0.39 is 17.8 Å². The summed E-state index contributed by atoms with van der Waals surface area (Å²) < 4.78 is 0. The Morgan fingerprint density at radius 3 is 2.18 bits per heavy atom. The molecule has 4 nitrogen and oxygen atoms in total. The molecule has 0 unspecified atom stereocenters. The molecule has 2 aromatic carbocycles. The third-order valence-corrected chi connectivity index (χ3v) is 3.47. The number of nitrogens with one attached hydrogen (secondary N) is 1. The van der Waals surface area contributed by atoms with Crippen LogP contribution < -0.4 is 5.32 Å². The van der Waals surface area contributed by atoms with Crippen LogP contribution in [0.4, 0.5) is 5.69 Å². The van der Waals surface area contributed by atoms with E-state index in [4.69, 9.17) is 23.2 Å². The first kappa shape index (κ1) is 16.3. The summed E-state index contributed by atoms with van der Waals surface area (Å²) in [5.41, 5.74) is 1.01. The second-order valence-electron chi connectivity index (χ2n) is 4.71. The van der Waals surface area contributed by atoms with Crippen molar-refractivity contribution < 1.29 is 14.7 Å². The molecule has 0 fully saturated rings. The smallest absolute Gasteiger partial charge is 0.311 e. The van der Waals surface area contributed by atoms with E-state index >= 15 is 0 Å². The van der Waals surface area contributed by atoms with Gasteiger partial charge in [-0.3, -0.25) is 9.59 Å². The lowest BCUT2D eigenvalue weighted by molar-refractivity contribution is -0.140. The van der Waals surface area contributed by atoms with E-state index in [0.29, 0.717) is 21.3 Å². The summed E-state index contributed by atoms with van der Waals surface area (Å²) >= 11 is 11.7. The highest BCUT2D eigenvalue weighted by Crippen LogP contribution is 2.24. The van der Waals surface area contributed by atoms with Crippen molar-refractivity contribution in [3.05, 3.63) is 64.1 Å². The second kappa shape index (κ2) is 7.29. The van der Waals surface area contributed by atoms with Gasteiger partial charge in [0.2, 0.25) is 5.91 Å². The molecule has 0 aliphatic carbocycles. The van der Waals surface area contributed by atoms with Crippen LogP contribution in [-0.2, 0) is 9.59 Å². The molecular formula is C16H13Cl2NO3. The molecule has 6 heteroatoms. The highest BCUT2D eigenvalue weighted by Gasteiger charge is 2.23. The molecule has 0 aliphatic rings. The lowest BCUT2D eigenvalue weighted by atomic mass is 9.95. The van der Waals surface area contributed by atoms with Gasteiger partial charge >= 0.3 is 5.97 Å². The van der Waals surface area contributed by atoms with Crippen molar-refractivity contribution in [2.45, 2.75) is 12.3 Å². The maximum Gasteiger partial charge on any atom is 0.311 e. The van der Waals surface area contributed by atoms with Gasteiger partial charge < -0.3 is 10.4 Å². The maximum atomic E-state index is 12.1. The molecule has 2 aromatic rings. The number of hydrogen-bond acceptors (Lipinski definition) is 2. The number of carboxylic acid groups (broad SMARTS) is 1. The predicted octanol–water partition coefficient (Wildman–Crippen LogP) is 4.19. The molecule has 0 aliphatic heterocycles. The van der Waals surface area contributed by atoms with Gasteiger partial charge in [-0.2, -0.15) is 0 Å². The van der Waals surface area contributed by atoms with Crippen LogP contribution in [0.15, 0.2) is 48.5 Å². The van der Waals surface area contributed by atoms with Crippen LogP contribution in [0.3, 0.4) is 0 Å². The number of hydrogen-bond donors (Lipinski definition) is 2. The van der Waals surface area contributed by atoms with E-state index in [-0.39, 0.29) is 6.42 Å². The van der Waals surface area contributed by atoms with Crippen molar-refractivity contribution in [1.82, 2.24) is 0 Å². The van der Waals surface area contributed by atoms with E-state index in [0.717, 1.165) is 0 Å². The van der Waals surface area contributed by atoms with Crippen LogP contribution >= 0.6 is 23.2 Å². The Morgan fingerprint density at radius 1 is 1.05 bits per heavy atom. The molecule has 0 spiro atoms. The van der Waals surface area contributed by atoms with E-state index in [9.17, 15) is 14.7 Å². The minimum absolute atomic E-state index is 0.177. The first-order valence-electron chi connectivity index (χ1n) is 6.49. The molecule has 0 aromatic heterocycles. The van der Waals surface area contributed by atoms with Crippen LogP contribution in [0.2, 0.25) is 10.0 Å². The average molecular weight is 338 g/mol. The number of halogens is 2. The molecule has 2 rings (SSSR count). The zero-order valence-electron chi connectivity index (χ0n) is 11.4. The van der Waals surface area contributed by atoms with Crippen molar-refractivity contribution in [1.29, 1.82) is 0 Å². The normalized spacial score (nSPS) is 11.7. The van der Waals surface area contributed by atoms with Gasteiger partial charge in [0, 0.05) is 22.2 Å². The minimum Gasteiger partial charge on any atom is -0.481 e. The van der Waals surface area contributed by atoms with Gasteiger partial charge in [-0.15, -0.1) is 0 Å². The number of carbonyl (C=O) groups is 2. The Bertz CT molecular complexity index is 669. The molecule has 22 heavy (non-hydrogen) atoms. The molecule has 1 amide bonds. The fourth-order valence-electron chi connectivity index (χ4n) is 2.06. The third kappa shape index (κ3) is 4.48. The molecule has 0 radical (unpaired) electrons. The van der Waals surface area contributed by atoms with Crippen LogP contribution in [-0.4, -0.2) is 17.0 Å². The molecule has 2 N–H and O–H groups in total. The van der Waals surface area contributed by atoms with Gasteiger partial charge in [0.05, 0.1) is 5.92 Å². The summed E-state index contributed by atoms with van der Waals surface area (Å²) in [7, 11) is 0. The maximum absolute atomic E-state index is 12.1. The molecule has 0 heterocycles. The van der Waals surface area contributed by atoms with Crippen molar-refractivity contribution in [2.24, 2.45) is 0 Å². The van der Waals surface area contributed by atoms with Crippen molar-refractivity contribution in [2.75, 3.05) is 5.32 Å². The first-order valence-corrected chi connectivity index (χ1v) is 7.25. The van der Waals surface area contributed by atoms with Crippen molar-refractivity contribution in [3.63, 3.8) is 0 Å². The quantitative estimate of drug-likeness (QED) is 0.859. The standard InChI is InChI=1S/C16H13Cl2NO3/c17-11-6-12(18)8-13(7-11)19-15(20)9-14(16(21)22)10-4-2-1-3-5-10/h1-8,14H,9H2,(H,19,20)(H,21,22)/t14-/m1/s1. The number of rotatable bonds is 5. The summed E-state index contributed by atoms with van der Waals surface area (Å²) in [5, 5.41) is 12.7. The summed E-state index contributed by atoms with van der Waals surface area (Å²) in [6.07, 6.45) is -0.177. The average Bonchev–Trinajstić information content (AvgIpc) is 2.44. The number of amides is 1. The number of carbonyl (C=O) groups excluding carboxylic acids is 1. The molecular weight excluding hydrogens is 325 g/mol. The largest absolute Gasteiger partial charge is 0.481 e. The van der Waals surface area contributed by atoms with Gasteiger partial charge in [0.15, 0.2) is 0 Å². The topological polar surface area (TPSA) is 66.4 Å². The van der Waals surface area contributed by atoms with Gasteiger partial charge in [-0.1, -0.05) is 53.5 Å². The number of carboxylic acids is 1. The van der Waals surface area contributed by atoms with Crippen LogP contribution in [0.1, 0.15) is 17.9 Å². The Hall–Kier alpha value is -2.04. The first-order chi connectivity index (χ1) is 10.5. The van der Waals surface area contributed by atoms with Crippen molar-refractivity contribution >= 4 is 40.8 Å². The highest BCUT2D eigenvalue weighted by molar-refractivity contribution is 6.35. The molecule has 0 saturated carbocycles. The molecule has 0 bridgehead atoms. The van der Waals surface area contributed by atoms with Crippen LogP contribution in [0.5, 0.6) is 0 Å². The summed E-state index contributed by atoms with van der Waals surface area (Å²) in [6, 6.07) is 13.3. The summed E-state index contributed by atoms with van der Waals surface area (Å²) in [4.78, 5) is 23.4. The lowest BCUT2D eigenvalue weighted by Gasteiger charge is -2.13. The van der Waals surface area contributed by atoms with Gasteiger partial charge in [0.25, 0.3) is 0 Å². The Labute approximate surface area is 137 Å². The lowest BCUT2D eigenvalue weighted by Crippen LogP contribution is -2.20. The number of benzene rings is 2. The van der Waals surface area contributed by atoms with Gasteiger partial charge in [-0.25, -0.2) is 0 Å². The molecule has 1 atom stereocenters. The van der Waals surface area contributed by atoms with Crippen LogP contribution in [0.25, 0.3) is 0 Å². The van der Waals surface area contributed by atoms with Gasteiger partial charge in [-0.05, 0) is 23.8 Å². The van der Waals surface area contributed by atoms with Crippen molar-refractivity contribution in [3.8, 4) is 0 Å². The minimum atomic E-state index is -1.05. The zero-order chi connectivity index (χ0) is 16.1. The molecule has 0 saturated heterocycles. The fraction of sp³-hybridized carbons (Fsp3) is 0.125. The predicted molar refractivity (Wildman–Crippen MR) is 86.5 cm³/mol. The zero-order valence-corrected chi connectivity index (χ0v) is 12.9. The Kier molecular flexibility index (Phi) is 5.41. The van der Waals surface area contributed by atoms with E-state index in [2.05, 4.69) is 5.32 Å². The van der Waals surface area contributed by atoms with E-state index in [1.165, 1.54) is 0 Å². The third-order valence-electron chi connectivity index (χ3n) is 3.04. The number of anilines is 1. The summed E-state index contributed by atoms with van der Waals surface area (Å²) in [6.45, 7) is 0. The second-order valence-corrected chi connectivity index (χ2v) is 5.58. The van der Waals surface area contributed by atoms with E-state index in [1.807, 2.05) is 0 Å². The van der Waals surface area contributed by atoms with E-state index in [1.54, 1.807) is 48.5 Å². The van der Waals surface area contributed by atoms with Crippen LogP contribution in [0, 0.1) is 0 Å². The number of aliphatic carboxylic acids is 1. The SMILES string of the molecule is O=C(C[C@@H](C(=O)O)c1ccccc1)Nc1cc(Cl)cc(Cl)c1. The van der Waals surface area contributed by atoms with Gasteiger partial charge in [0.1, 0.15) is 0 Å². The Balaban J connectivity index is 2.10. The fourth-order valence-corrected chi connectivity index (χ4v) is 2.58.